The van der Waals surface area contributed by atoms with Crippen LogP contribution in [0.5, 0.6) is 0 Å². The van der Waals surface area contributed by atoms with Gasteiger partial charge in [-0.25, -0.2) is 17.9 Å². The summed E-state index contributed by atoms with van der Waals surface area (Å²) < 4.78 is 31.5. The van der Waals surface area contributed by atoms with Gasteiger partial charge < -0.3 is 4.90 Å². The molecule has 0 bridgehead atoms. The van der Waals surface area contributed by atoms with E-state index in [1.165, 1.54) is 20.8 Å². The predicted octanol–water partition coefficient (Wildman–Crippen LogP) is 2.02. The lowest BCUT2D eigenvalue weighted by Crippen LogP contribution is -2.34. The summed E-state index contributed by atoms with van der Waals surface area (Å²) in [6, 6.07) is 12.9. The van der Waals surface area contributed by atoms with Gasteiger partial charge in [0, 0.05) is 26.7 Å². The summed E-state index contributed by atoms with van der Waals surface area (Å²) in [6.45, 7) is 2.35. The number of likely N-dealkylation sites (N-methyl/N-ethyl adjacent to an activating group) is 1. The number of imidazole rings is 1. The molecule has 1 heterocycles. The van der Waals surface area contributed by atoms with Crippen molar-refractivity contribution in [3.8, 4) is 0 Å². The number of fused-ring (bicyclic) bond motifs is 1. The van der Waals surface area contributed by atoms with Crippen molar-refractivity contribution in [2.45, 2.75) is 24.3 Å². The maximum Gasteiger partial charge on any atom is 0.328 e. The van der Waals surface area contributed by atoms with Crippen molar-refractivity contribution in [3.05, 3.63) is 64.1 Å². The number of hydrogen-bond donors (Lipinski definition) is 1. The number of hydrogen-bond acceptors (Lipinski definition) is 4. The number of benzene rings is 2. The molecule has 3 rings (SSSR count). The molecule has 0 radical (unpaired) electrons. The predicted molar refractivity (Wildman–Crippen MR) is 116 cm³/mol. The van der Waals surface area contributed by atoms with Crippen LogP contribution < -0.4 is 10.4 Å². The molecule has 1 aromatic heterocycles. The number of sulfonamides is 1. The smallest absolute Gasteiger partial charge is 0.301 e. The Kier molecular flexibility index (Phi) is 5.97. The van der Waals surface area contributed by atoms with Crippen LogP contribution in [0.15, 0.2) is 52.2 Å². The number of rotatable bonds is 7. The van der Waals surface area contributed by atoms with E-state index in [2.05, 4.69) is 23.8 Å². The standard InChI is InChI=1S/C21H28N4O3S/c1-6-15-7-9-16(10-8-15)20(23(2)3)14-22-29(27,28)17-11-12-18-19(13-17)25(5)21(26)24(18)4/h7-13,20,22H,6,14H2,1-5H3. The van der Waals surface area contributed by atoms with Gasteiger partial charge in [-0.2, -0.15) is 0 Å². The molecule has 0 aliphatic heterocycles. The fourth-order valence-corrected chi connectivity index (χ4v) is 4.56. The van der Waals surface area contributed by atoms with Gasteiger partial charge in [-0.3, -0.25) is 9.13 Å². The molecule has 1 unspecified atom stereocenters. The normalized spacial score (nSPS) is 13.3. The van der Waals surface area contributed by atoms with Crippen molar-refractivity contribution < 1.29 is 8.42 Å². The highest BCUT2D eigenvalue weighted by molar-refractivity contribution is 7.89. The minimum atomic E-state index is -3.72. The first-order chi connectivity index (χ1) is 13.7. The van der Waals surface area contributed by atoms with Gasteiger partial charge in [0.05, 0.1) is 15.9 Å². The molecule has 0 spiro atoms. The highest BCUT2D eigenvalue weighted by Gasteiger charge is 2.21. The lowest BCUT2D eigenvalue weighted by Gasteiger charge is -2.25. The second-order valence-electron chi connectivity index (χ2n) is 7.48. The van der Waals surface area contributed by atoms with Crippen LogP contribution in [0.3, 0.4) is 0 Å². The molecule has 0 amide bonds. The van der Waals surface area contributed by atoms with Gasteiger partial charge in [-0.05, 0) is 49.8 Å². The Bertz CT molecular complexity index is 1180. The lowest BCUT2D eigenvalue weighted by molar-refractivity contribution is 0.299. The zero-order valence-corrected chi connectivity index (χ0v) is 18.3. The summed E-state index contributed by atoms with van der Waals surface area (Å²) in [5.74, 6) is 0. The third kappa shape index (κ3) is 4.14. The van der Waals surface area contributed by atoms with E-state index in [4.69, 9.17) is 0 Å². The third-order valence-electron chi connectivity index (χ3n) is 5.42. The van der Waals surface area contributed by atoms with Crippen molar-refractivity contribution in [2.75, 3.05) is 20.6 Å². The molecule has 29 heavy (non-hydrogen) atoms. The van der Waals surface area contributed by atoms with Gasteiger partial charge in [0.2, 0.25) is 10.0 Å². The molecule has 0 fully saturated rings. The van der Waals surface area contributed by atoms with E-state index in [-0.39, 0.29) is 23.2 Å². The Morgan fingerprint density at radius 1 is 1.00 bits per heavy atom. The summed E-state index contributed by atoms with van der Waals surface area (Å²) in [7, 11) is 3.44. The SMILES string of the molecule is CCc1ccc(C(CNS(=O)(=O)c2ccc3c(c2)n(C)c(=O)n3C)N(C)C)cc1. The molecule has 156 valence electrons. The Balaban J connectivity index is 1.86. The van der Waals surface area contributed by atoms with Gasteiger partial charge in [0.15, 0.2) is 0 Å². The largest absolute Gasteiger partial charge is 0.328 e. The van der Waals surface area contributed by atoms with Crippen LogP contribution in [0, 0.1) is 0 Å². The van der Waals surface area contributed by atoms with E-state index in [9.17, 15) is 13.2 Å². The first-order valence-corrected chi connectivity index (χ1v) is 11.0. The van der Waals surface area contributed by atoms with Gasteiger partial charge >= 0.3 is 5.69 Å². The minimum absolute atomic E-state index is 0.0968. The van der Waals surface area contributed by atoms with Crippen LogP contribution in [0.25, 0.3) is 11.0 Å². The molecule has 0 saturated heterocycles. The van der Waals surface area contributed by atoms with Crippen LogP contribution in [0.1, 0.15) is 24.1 Å². The minimum Gasteiger partial charge on any atom is -0.301 e. The van der Waals surface area contributed by atoms with E-state index in [0.29, 0.717) is 11.0 Å². The van der Waals surface area contributed by atoms with Crippen molar-refractivity contribution in [2.24, 2.45) is 14.1 Å². The van der Waals surface area contributed by atoms with Crippen LogP contribution in [-0.4, -0.2) is 43.1 Å². The summed E-state index contributed by atoms with van der Waals surface area (Å²) >= 11 is 0. The number of nitrogens with one attached hydrogen (secondary N) is 1. The highest BCUT2D eigenvalue weighted by atomic mass is 32.2. The van der Waals surface area contributed by atoms with Crippen molar-refractivity contribution in [3.63, 3.8) is 0 Å². The molecule has 1 atom stereocenters. The number of aromatic nitrogens is 2. The summed E-state index contributed by atoms with van der Waals surface area (Å²) in [5, 5.41) is 0. The van der Waals surface area contributed by atoms with Gasteiger partial charge in [0.25, 0.3) is 0 Å². The van der Waals surface area contributed by atoms with E-state index in [1.54, 1.807) is 26.2 Å². The van der Waals surface area contributed by atoms with Crippen LogP contribution in [0.2, 0.25) is 0 Å². The number of nitrogens with zero attached hydrogens (tertiary/aromatic N) is 3. The molecule has 1 N–H and O–H groups in total. The van der Waals surface area contributed by atoms with E-state index >= 15 is 0 Å². The van der Waals surface area contributed by atoms with Crippen LogP contribution >= 0.6 is 0 Å². The molecule has 2 aromatic carbocycles. The van der Waals surface area contributed by atoms with Crippen molar-refractivity contribution in [1.29, 1.82) is 0 Å². The molecule has 0 aliphatic rings. The zero-order valence-electron chi connectivity index (χ0n) is 17.5. The molecule has 7 nitrogen and oxygen atoms in total. The Morgan fingerprint density at radius 2 is 1.62 bits per heavy atom. The summed E-state index contributed by atoms with van der Waals surface area (Å²) in [6.07, 6.45) is 0.962. The highest BCUT2D eigenvalue weighted by Crippen LogP contribution is 2.21. The van der Waals surface area contributed by atoms with Crippen LogP contribution in [0.4, 0.5) is 0 Å². The van der Waals surface area contributed by atoms with Gasteiger partial charge in [-0.1, -0.05) is 31.2 Å². The summed E-state index contributed by atoms with van der Waals surface area (Å²) in [4.78, 5) is 14.2. The molecular formula is C21H28N4O3S. The van der Waals surface area contributed by atoms with Gasteiger partial charge in [0.1, 0.15) is 0 Å². The lowest BCUT2D eigenvalue weighted by atomic mass is 10.0. The van der Waals surface area contributed by atoms with E-state index in [1.807, 2.05) is 31.1 Å². The third-order valence-corrected chi connectivity index (χ3v) is 6.84. The van der Waals surface area contributed by atoms with Gasteiger partial charge in [-0.15, -0.1) is 0 Å². The zero-order chi connectivity index (χ0) is 21.3. The molecule has 0 aliphatic carbocycles. The van der Waals surface area contributed by atoms with Crippen molar-refractivity contribution in [1.82, 2.24) is 18.8 Å². The monoisotopic (exact) mass is 416 g/mol. The molecular weight excluding hydrogens is 388 g/mol. The maximum atomic E-state index is 12.9. The Labute approximate surface area is 171 Å². The topological polar surface area (TPSA) is 76.3 Å². The van der Waals surface area contributed by atoms with Crippen LogP contribution in [-0.2, 0) is 30.5 Å². The maximum absolute atomic E-state index is 12.9. The average Bonchev–Trinajstić information content (AvgIpc) is 2.92. The second-order valence-corrected chi connectivity index (χ2v) is 9.24. The quantitative estimate of drug-likeness (QED) is 0.639. The fraction of sp³-hybridized carbons (Fsp3) is 0.381. The van der Waals surface area contributed by atoms with Crippen molar-refractivity contribution >= 4 is 21.1 Å². The Hall–Kier alpha value is -2.42. The molecule has 0 saturated carbocycles. The summed E-state index contributed by atoms with van der Waals surface area (Å²) in [5.41, 5.74) is 3.38. The van der Waals surface area contributed by atoms with E-state index < -0.39 is 10.0 Å². The molecule has 8 heteroatoms. The molecule has 3 aromatic rings. The second kappa shape index (κ2) is 8.14. The first-order valence-electron chi connectivity index (χ1n) is 9.56. The first kappa shape index (κ1) is 21.3. The number of aryl methyl sites for hydroxylation is 3. The average molecular weight is 417 g/mol. The fourth-order valence-electron chi connectivity index (χ4n) is 3.50. The Morgan fingerprint density at radius 3 is 2.21 bits per heavy atom. The van der Waals surface area contributed by atoms with E-state index in [0.717, 1.165) is 12.0 Å².